The molecule has 340 valence electrons. The number of hydrogen-bond acceptors (Lipinski definition) is 6. The number of unbranched alkanes of at least 4 members (excludes halogenated alkanes) is 13. The van der Waals surface area contributed by atoms with Crippen molar-refractivity contribution in [3.63, 3.8) is 0 Å². The molecule has 0 radical (unpaired) electrons. The van der Waals surface area contributed by atoms with E-state index in [4.69, 9.17) is 14.2 Å². The quantitative estimate of drug-likeness (QED) is 0.0201. The predicted octanol–water partition coefficient (Wildman–Crippen LogP) is 15.5. The third-order valence-corrected chi connectivity index (χ3v) is 9.31. The van der Waals surface area contributed by atoms with Crippen LogP contribution in [-0.2, 0) is 28.6 Å². The molecule has 0 fully saturated rings. The van der Waals surface area contributed by atoms with Crippen molar-refractivity contribution in [3.8, 4) is 0 Å². The highest BCUT2D eigenvalue weighted by Crippen LogP contribution is 2.11. The van der Waals surface area contributed by atoms with Gasteiger partial charge in [-0.15, -0.1) is 0 Å². The van der Waals surface area contributed by atoms with Gasteiger partial charge in [-0.3, -0.25) is 14.4 Å². The molecule has 0 saturated heterocycles. The maximum absolute atomic E-state index is 12.7. The Balaban J connectivity index is 4.56. The first-order valence-electron chi connectivity index (χ1n) is 23.8. The fourth-order valence-corrected chi connectivity index (χ4v) is 5.77. The normalized spacial score (nSPS) is 13.3. The van der Waals surface area contributed by atoms with Crippen molar-refractivity contribution in [1.29, 1.82) is 0 Å². The van der Waals surface area contributed by atoms with Gasteiger partial charge in [-0.2, -0.15) is 0 Å². The van der Waals surface area contributed by atoms with Gasteiger partial charge in [-0.1, -0.05) is 193 Å². The number of carbonyl (C=O) groups excluding carboxylic acids is 3. The molecule has 61 heavy (non-hydrogen) atoms. The molecule has 0 N–H and O–H groups in total. The lowest BCUT2D eigenvalue weighted by Gasteiger charge is -2.18. The van der Waals surface area contributed by atoms with E-state index in [2.05, 4.69) is 118 Å². The Hall–Kier alpha value is -4.45. The second-order valence-electron chi connectivity index (χ2n) is 15.1. The highest BCUT2D eigenvalue weighted by atomic mass is 16.6. The van der Waals surface area contributed by atoms with E-state index in [0.29, 0.717) is 19.3 Å². The van der Waals surface area contributed by atoms with Crippen molar-refractivity contribution in [1.82, 2.24) is 0 Å². The number of carbonyl (C=O) groups is 3. The molecule has 0 amide bonds. The van der Waals surface area contributed by atoms with Crippen LogP contribution in [0.15, 0.2) is 134 Å². The van der Waals surface area contributed by atoms with Crippen LogP contribution >= 0.6 is 0 Å². The molecule has 0 aliphatic heterocycles. The Labute approximate surface area is 373 Å². The second kappa shape index (κ2) is 48.2. The fourth-order valence-electron chi connectivity index (χ4n) is 5.77. The monoisotopic (exact) mass is 841 g/mol. The molecule has 0 aromatic rings. The number of ether oxygens (including phenoxy) is 3. The van der Waals surface area contributed by atoms with Crippen LogP contribution in [0.25, 0.3) is 0 Å². The number of hydrogen-bond donors (Lipinski definition) is 0. The summed E-state index contributed by atoms with van der Waals surface area (Å²) >= 11 is 0. The molecule has 0 heterocycles. The highest BCUT2D eigenvalue weighted by Gasteiger charge is 2.19. The summed E-state index contributed by atoms with van der Waals surface area (Å²) in [7, 11) is 0. The van der Waals surface area contributed by atoms with Gasteiger partial charge in [0.1, 0.15) is 13.2 Å². The minimum absolute atomic E-state index is 0.124. The van der Waals surface area contributed by atoms with Gasteiger partial charge < -0.3 is 14.2 Å². The van der Waals surface area contributed by atoms with Crippen molar-refractivity contribution >= 4 is 17.9 Å². The summed E-state index contributed by atoms with van der Waals surface area (Å²) in [5.41, 5.74) is 0. The van der Waals surface area contributed by atoms with E-state index in [-0.39, 0.29) is 44.0 Å². The molecule has 0 aromatic carbocycles. The minimum Gasteiger partial charge on any atom is -0.462 e. The first-order valence-corrected chi connectivity index (χ1v) is 23.8. The van der Waals surface area contributed by atoms with Gasteiger partial charge in [0.25, 0.3) is 0 Å². The SMILES string of the molecule is CC\C=C/C=C\C=C/C=C\CCCCCC(=O)OC(COC(=O)CCCC/C=C\C/C=C\C/C=C\CC)COC(=O)CCCCCCC\C=C/C=C\C=C/C=C\CCCCC. The molecule has 0 saturated carbocycles. The second-order valence-corrected chi connectivity index (χ2v) is 15.1. The number of allylic oxidation sites excluding steroid dienone is 22. The maximum Gasteiger partial charge on any atom is 0.306 e. The van der Waals surface area contributed by atoms with E-state index in [9.17, 15) is 14.4 Å². The van der Waals surface area contributed by atoms with E-state index in [0.717, 1.165) is 103 Å². The van der Waals surface area contributed by atoms with Crippen LogP contribution in [0.2, 0.25) is 0 Å². The van der Waals surface area contributed by atoms with Crippen molar-refractivity contribution in [3.05, 3.63) is 134 Å². The summed E-state index contributed by atoms with van der Waals surface area (Å²) in [5.74, 6) is -1.04. The Morgan fingerprint density at radius 1 is 0.361 bits per heavy atom. The van der Waals surface area contributed by atoms with E-state index in [1.54, 1.807) is 0 Å². The Morgan fingerprint density at radius 3 is 1.25 bits per heavy atom. The maximum atomic E-state index is 12.7. The van der Waals surface area contributed by atoms with Gasteiger partial charge in [-0.05, 0) is 96.3 Å². The van der Waals surface area contributed by atoms with Crippen LogP contribution in [0.4, 0.5) is 0 Å². The lowest BCUT2D eigenvalue weighted by atomic mass is 10.1. The first kappa shape index (κ1) is 56.5. The van der Waals surface area contributed by atoms with Crippen molar-refractivity contribution in [2.75, 3.05) is 13.2 Å². The Bertz CT molecular complexity index is 1380. The molecule has 0 aliphatic carbocycles. The zero-order chi connectivity index (χ0) is 44.4. The van der Waals surface area contributed by atoms with Crippen molar-refractivity contribution in [2.24, 2.45) is 0 Å². The summed E-state index contributed by atoms with van der Waals surface area (Å²) in [6, 6.07) is 0. The molecule has 1 unspecified atom stereocenters. The zero-order valence-electron chi connectivity index (χ0n) is 38.6. The minimum atomic E-state index is -0.828. The summed E-state index contributed by atoms with van der Waals surface area (Å²) < 4.78 is 16.6. The van der Waals surface area contributed by atoms with Crippen LogP contribution in [0.3, 0.4) is 0 Å². The van der Waals surface area contributed by atoms with Gasteiger partial charge in [0.2, 0.25) is 0 Å². The largest absolute Gasteiger partial charge is 0.462 e. The predicted molar refractivity (Wildman–Crippen MR) is 260 cm³/mol. The lowest BCUT2D eigenvalue weighted by Crippen LogP contribution is -2.30. The third kappa shape index (κ3) is 46.5. The average Bonchev–Trinajstić information content (AvgIpc) is 3.26. The van der Waals surface area contributed by atoms with Crippen LogP contribution in [0, 0.1) is 0 Å². The van der Waals surface area contributed by atoms with E-state index in [1.807, 2.05) is 36.5 Å². The fraction of sp³-hybridized carbons (Fsp3) is 0.545. The summed E-state index contributed by atoms with van der Waals surface area (Å²) in [4.78, 5) is 37.8. The summed E-state index contributed by atoms with van der Waals surface area (Å²) in [6.45, 7) is 6.21. The summed E-state index contributed by atoms with van der Waals surface area (Å²) in [6.07, 6.45) is 67.2. The molecule has 0 rings (SSSR count). The molecule has 0 spiro atoms. The zero-order valence-corrected chi connectivity index (χ0v) is 38.6. The van der Waals surface area contributed by atoms with E-state index in [1.165, 1.54) is 19.3 Å². The van der Waals surface area contributed by atoms with E-state index >= 15 is 0 Å². The van der Waals surface area contributed by atoms with Crippen LogP contribution in [-0.4, -0.2) is 37.2 Å². The standard InChI is InChI=1S/C55H84O6/c1-4-7-10-13-16-19-22-25-26-27-28-29-31-33-36-39-42-45-48-54(57)60-51-52(50-59-53(56)47-44-41-38-35-32-24-21-18-15-12-9-6-3)61-55(58)49-46-43-40-37-34-30-23-20-17-14-11-8-5-2/h8-9,11-12,14,16-23,25-30,32,34-35,52H,4-7,10,13,15,24,31,33,36-51H2,1-3H3/b11-8-,12-9-,17-14-,19-16-,21-18-,23-20-,25-22-,27-26-,29-28-,34-30-,35-32-. The highest BCUT2D eigenvalue weighted by molar-refractivity contribution is 5.71. The smallest absolute Gasteiger partial charge is 0.306 e. The lowest BCUT2D eigenvalue weighted by molar-refractivity contribution is -0.167. The Morgan fingerprint density at radius 2 is 0.721 bits per heavy atom. The van der Waals surface area contributed by atoms with Crippen LogP contribution in [0.5, 0.6) is 0 Å². The van der Waals surface area contributed by atoms with Crippen molar-refractivity contribution < 1.29 is 28.6 Å². The van der Waals surface area contributed by atoms with E-state index < -0.39 is 6.10 Å². The molecular weight excluding hydrogens is 757 g/mol. The molecular formula is C55H84O6. The molecule has 0 aromatic heterocycles. The topological polar surface area (TPSA) is 78.9 Å². The Kier molecular flexibility index (Phi) is 44.7. The van der Waals surface area contributed by atoms with Gasteiger partial charge in [0.15, 0.2) is 6.10 Å². The third-order valence-electron chi connectivity index (χ3n) is 9.31. The number of esters is 3. The van der Waals surface area contributed by atoms with Crippen LogP contribution in [0.1, 0.15) is 175 Å². The van der Waals surface area contributed by atoms with Gasteiger partial charge in [0, 0.05) is 19.3 Å². The van der Waals surface area contributed by atoms with Gasteiger partial charge in [-0.25, -0.2) is 0 Å². The average molecular weight is 841 g/mol. The molecule has 0 aliphatic rings. The van der Waals surface area contributed by atoms with Gasteiger partial charge >= 0.3 is 17.9 Å². The van der Waals surface area contributed by atoms with Crippen molar-refractivity contribution in [2.45, 2.75) is 181 Å². The molecule has 6 nitrogen and oxygen atoms in total. The molecule has 1 atom stereocenters. The molecule has 0 bridgehead atoms. The number of rotatable bonds is 40. The summed E-state index contributed by atoms with van der Waals surface area (Å²) in [5, 5.41) is 0. The first-order chi connectivity index (χ1) is 30.0. The molecule has 6 heteroatoms. The van der Waals surface area contributed by atoms with Crippen LogP contribution < -0.4 is 0 Å². The van der Waals surface area contributed by atoms with Gasteiger partial charge in [0.05, 0.1) is 0 Å².